The standard InChI is InChI=1S/C14H16N4O2S/c1-9(21-13-5-6-16-8-17-13)14(19)18-12-4-3-10(20-2)7-11(12)15/h3-9H,15H2,1-2H3,(H,18,19). The van der Waals surface area contributed by atoms with Crippen molar-refractivity contribution in [2.45, 2.75) is 17.2 Å². The molecule has 21 heavy (non-hydrogen) atoms. The van der Waals surface area contributed by atoms with E-state index in [1.807, 2.05) is 6.92 Å². The van der Waals surface area contributed by atoms with Gasteiger partial charge in [-0.3, -0.25) is 4.79 Å². The van der Waals surface area contributed by atoms with Crippen molar-refractivity contribution >= 4 is 29.0 Å². The summed E-state index contributed by atoms with van der Waals surface area (Å²) in [4.78, 5) is 20.1. The van der Waals surface area contributed by atoms with E-state index in [-0.39, 0.29) is 11.2 Å². The lowest BCUT2D eigenvalue weighted by molar-refractivity contribution is -0.115. The van der Waals surface area contributed by atoms with Gasteiger partial charge < -0.3 is 15.8 Å². The number of nitrogen functional groups attached to an aromatic ring is 1. The second-order valence-electron chi connectivity index (χ2n) is 4.25. The molecule has 1 aromatic heterocycles. The smallest absolute Gasteiger partial charge is 0.237 e. The Kier molecular flexibility index (Phi) is 4.99. The molecule has 0 aliphatic carbocycles. The van der Waals surface area contributed by atoms with Gasteiger partial charge in [-0.25, -0.2) is 9.97 Å². The fourth-order valence-electron chi connectivity index (χ4n) is 1.60. The number of hydrogen-bond donors (Lipinski definition) is 2. The van der Waals surface area contributed by atoms with E-state index < -0.39 is 0 Å². The highest BCUT2D eigenvalue weighted by Gasteiger charge is 2.16. The van der Waals surface area contributed by atoms with Gasteiger partial charge in [-0.05, 0) is 25.1 Å². The molecule has 3 N–H and O–H groups in total. The number of benzene rings is 1. The molecule has 0 fully saturated rings. The zero-order valence-electron chi connectivity index (χ0n) is 11.7. The molecule has 2 rings (SSSR count). The van der Waals surface area contributed by atoms with Crippen LogP contribution in [-0.4, -0.2) is 28.2 Å². The number of anilines is 2. The molecule has 0 radical (unpaired) electrons. The maximum Gasteiger partial charge on any atom is 0.237 e. The van der Waals surface area contributed by atoms with E-state index in [1.54, 1.807) is 37.6 Å². The highest BCUT2D eigenvalue weighted by Crippen LogP contribution is 2.26. The molecule has 0 aliphatic rings. The number of carbonyl (C=O) groups excluding carboxylic acids is 1. The molecule has 0 aliphatic heterocycles. The molecule has 0 bridgehead atoms. The number of amides is 1. The second kappa shape index (κ2) is 6.94. The molecule has 1 heterocycles. The van der Waals surface area contributed by atoms with Gasteiger partial charge in [0.2, 0.25) is 5.91 Å². The number of nitrogens with zero attached hydrogens (tertiary/aromatic N) is 2. The van der Waals surface area contributed by atoms with Crippen molar-refractivity contribution in [1.29, 1.82) is 0 Å². The van der Waals surface area contributed by atoms with Crippen molar-refractivity contribution in [3.05, 3.63) is 36.8 Å². The Labute approximate surface area is 127 Å². The molecule has 1 unspecified atom stereocenters. The minimum absolute atomic E-state index is 0.143. The van der Waals surface area contributed by atoms with Crippen LogP contribution in [0.25, 0.3) is 0 Å². The molecule has 110 valence electrons. The van der Waals surface area contributed by atoms with Gasteiger partial charge >= 0.3 is 0 Å². The zero-order chi connectivity index (χ0) is 15.2. The number of carbonyl (C=O) groups is 1. The largest absolute Gasteiger partial charge is 0.497 e. The monoisotopic (exact) mass is 304 g/mol. The number of hydrogen-bond acceptors (Lipinski definition) is 6. The van der Waals surface area contributed by atoms with Gasteiger partial charge in [0.15, 0.2) is 0 Å². The Balaban J connectivity index is 2.00. The summed E-state index contributed by atoms with van der Waals surface area (Å²) in [7, 11) is 1.56. The Bertz CT molecular complexity index is 622. The SMILES string of the molecule is COc1ccc(NC(=O)C(C)Sc2ccncn2)c(N)c1. The zero-order valence-corrected chi connectivity index (χ0v) is 12.6. The Hall–Kier alpha value is -2.28. The van der Waals surface area contributed by atoms with Crippen LogP contribution in [0, 0.1) is 0 Å². The molecule has 1 atom stereocenters. The van der Waals surface area contributed by atoms with Crippen LogP contribution in [0.1, 0.15) is 6.92 Å². The summed E-state index contributed by atoms with van der Waals surface area (Å²) in [6.07, 6.45) is 3.09. The summed E-state index contributed by atoms with van der Waals surface area (Å²) in [6.45, 7) is 1.81. The van der Waals surface area contributed by atoms with Gasteiger partial charge in [0.1, 0.15) is 17.1 Å². The molecule has 0 saturated carbocycles. The number of aromatic nitrogens is 2. The molecule has 1 aromatic carbocycles. The Morgan fingerprint density at radius 3 is 2.86 bits per heavy atom. The first-order chi connectivity index (χ1) is 10.1. The fraction of sp³-hybridized carbons (Fsp3) is 0.214. The summed E-state index contributed by atoms with van der Waals surface area (Å²) < 4.78 is 5.07. The summed E-state index contributed by atoms with van der Waals surface area (Å²) in [5.74, 6) is 0.504. The molecule has 7 heteroatoms. The van der Waals surface area contributed by atoms with Crippen LogP contribution in [0.5, 0.6) is 5.75 Å². The van der Waals surface area contributed by atoms with Crippen LogP contribution in [0.3, 0.4) is 0 Å². The third kappa shape index (κ3) is 4.09. The van der Waals surface area contributed by atoms with E-state index in [1.165, 1.54) is 18.1 Å². The number of nitrogens with one attached hydrogen (secondary N) is 1. The van der Waals surface area contributed by atoms with Gasteiger partial charge in [0.25, 0.3) is 0 Å². The van der Waals surface area contributed by atoms with Crippen LogP contribution in [0.15, 0.2) is 41.8 Å². The fourth-order valence-corrected chi connectivity index (χ4v) is 2.37. The summed E-state index contributed by atoms with van der Waals surface area (Å²) in [5.41, 5.74) is 6.90. The first kappa shape index (κ1) is 15.1. The van der Waals surface area contributed by atoms with E-state index in [9.17, 15) is 4.79 Å². The van der Waals surface area contributed by atoms with Crippen LogP contribution < -0.4 is 15.8 Å². The average molecular weight is 304 g/mol. The number of rotatable bonds is 5. The van der Waals surface area contributed by atoms with Gasteiger partial charge in [-0.15, -0.1) is 0 Å². The number of methoxy groups -OCH3 is 1. The summed E-state index contributed by atoms with van der Waals surface area (Å²) >= 11 is 1.36. The minimum Gasteiger partial charge on any atom is -0.497 e. The maximum atomic E-state index is 12.2. The molecule has 1 amide bonds. The minimum atomic E-state index is -0.304. The van der Waals surface area contributed by atoms with E-state index in [4.69, 9.17) is 10.5 Å². The lowest BCUT2D eigenvalue weighted by Gasteiger charge is -2.13. The quantitative estimate of drug-likeness (QED) is 0.500. The Morgan fingerprint density at radius 1 is 1.43 bits per heavy atom. The number of ether oxygens (including phenoxy) is 1. The van der Waals surface area contributed by atoms with Gasteiger partial charge in [-0.1, -0.05) is 11.8 Å². The molecule has 2 aromatic rings. The lowest BCUT2D eigenvalue weighted by Crippen LogP contribution is -2.23. The molecule has 0 spiro atoms. The normalized spacial score (nSPS) is 11.7. The first-order valence-corrected chi connectivity index (χ1v) is 7.15. The van der Waals surface area contributed by atoms with Crippen molar-refractivity contribution in [1.82, 2.24) is 9.97 Å². The highest BCUT2D eigenvalue weighted by molar-refractivity contribution is 8.00. The number of nitrogens with two attached hydrogens (primary N) is 1. The maximum absolute atomic E-state index is 12.2. The predicted molar refractivity (Wildman–Crippen MR) is 83.4 cm³/mol. The topological polar surface area (TPSA) is 90.1 Å². The van der Waals surface area contributed by atoms with Crippen LogP contribution in [0.2, 0.25) is 0 Å². The van der Waals surface area contributed by atoms with Crippen molar-refractivity contribution < 1.29 is 9.53 Å². The van der Waals surface area contributed by atoms with Crippen LogP contribution in [0.4, 0.5) is 11.4 Å². The van der Waals surface area contributed by atoms with Crippen molar-refractivity contribution in [2.75, 3.05) is 18.2 Å². The lowest BCUT2D eigenvalue weighted by atomic mass is 10.2. The van der Waals surface area contributed by atoms with E-state index >= 15 is 0 Å². The molecular formula is C14H16N4O2S. The van der Waals surface area contributed by atoms with E-state index in [0.717, 1.165) is 5.03 Å². The van der Waals surface area contributed by atoms with Crippen molar-refractivity contribution in [2.24, 2.45) is 0 Å². The third-order valence-electron chi connectivity index (χ3n) is 2.74. The van der Waals surface area contributed by atoms with Crippen LogP contribution in [-0.2, 0) is 4.79 Å². The molecular weight excluding hydrogens is 288 g/mol. The van der Waals surface area contributed by atoms with Crippen molar-refractivity contribution in [3.8, 4) is 5.75 Å². The van der Waals surface area contributed by atoms with Crippen molar-refractivity contribution in [3.63, 3.8) is 0 Å². The summed E-state index contributed by atoms with van der Waals surface area (Å²) in [5, 5.41) is 3.24. The average Bonchev–Trinajstić information content (AvgIpc) is 2.50. The Morgan fingerprint density at radius 2 is 2.24 bits per heavy atom. The van der Waals surface area contributed by atoms with Gasteiger partial charge in [-0.2, -0.15) is 0 Å². The highest BCUT2D eigenvalue weighted by atomic mass is 32.2. The second-order valence-corrected chi connectivity index (χ2v) is 5.61. The first-order valence-electron chi connectivity index (χ1n) is 6.27. The van der Waals surface area contributed by atoms with E-state index in [0.29, 0.717) is 17.1 Å². The summed E-state index contributed by atoms with van der Waals surface area (Å²) in [6, 6.07) is 6.89. The molecule has 6 nitrogen and oxygen atoms in total. The predicted octanol–water partition coefficient (Wildman–Crippen LogP) is 2.19. The van der Waals surface area contributed by atoms with Crippen LogP contribution >= 0.6 is 11.8 Å². The number of thioether (sulfide) groups is 1. The van der Waals surface area contributed by atoms with Gasteiger partial charge in [0.05, 0.1) is 23.7 Å². The third-order valence-corrected chi connectivity index (χ3v) is 3.79. The van der Waals surface area contributed by atoms with Gasteiger partial charge in [0, 0.05) is 12.3 Å². The molecule has 0 saturated heterocycles. The van der Waals surface area contributed by atoms with E-state index in [2.05, 4.69) is 15.3 Å².